The van der Waals surface area contributed by atoms with Crippen molar-refractivity contribution < 1.29 is 4.79 Å². The molecule has 1 saturated heterocycles. The Kier molecular flexibility index (Phi) is 2.95. The van der Waals surface area contributed by atoms with E-state index in [1.165, 1.54) is 0 Å². The van der Waals surface area contributed by atoms with Gasteiger partial charge in [0.05, 0.1) is 0 Å². The number of rotatable bonds is 2. The third kappa shape index (κ3) is 2.00. The second kappa shape index (κ2) is 4.23. The molecule has 0 saturated carbocycles. The fourth-order valence-corrected chi connectivity index (χ4v) is 2.15. The van der Waals surface area contributed by atoms with Crippen LogP contribution in [0.1, 0.15) is 12.0 Å². The number of carbonyl (C=O) groups excluding carboxylic acids is 1. The maximum atomic E-state index is 11.8. The Hall–Kier alpha value is -1.03. The van der Waals surface area contributed by atoms with Crippen molar-refractivity contribution >= 4 is 24.2 Å². The third-order valence-electron chi connectivity index (χ3n) is 2.74. The number of aryl methyl sites for hydroxylation is 1. The number of carbonyl (C=O) groups is 1. The monoisotopic (exact) mass is 222 g/mol. The zero-order valence-corrected chi connectivity index (χ0v) is 9.58. The van der Waals surface area contributed by atoms with Crippen molar-refractivity contribution in [2.45, 2.75) is 13.3 Å². The predicted octanol–water partition coefficient (Wildman–Crippen LogP) is 1.67. The Morgan fingerprint density at radius 3 is 3.07 bits per heavy atom. The number of thiol groups is 1. The first-order valence-electron chi connectivity index (χ1n) is 5.04. The molecule has 1 amide bonds. The molecule has 0 N–H and O–H groups in total. The summed E-state index contributed by atoms with van der Waals surface area (Å²) in [4.78, 5) is 17.6. The molecule has 1 aliphatic heterocycles. The fraction of sp³-hybridized carbons (Fsp3) is 0.455. The summed E-state index contributed by atoms with van der Waals surface area (Å²) in [5.41, 5.74) is 2.03. The summed E-state index contributed by atoms with van der Waals surface area (Å²) in [5.74, 6) is 1.35. The van der Waals surface area contributed by atoms with Gasteiger partial charge in [0, 0.05) is 31.0 Å². The lowest BCUT2D eigenvalue weighted by Gasteiger charge is -2.18. The highest BCUT2D eigenvalue weighted by Crippen LogP contribution is 2.27. The van der Waals surface area contributed by atoms with Gasteiger partial charge >= 0.3 is 0 Å². The van der Waals surface area contributed by atoms with Crippen LogP contribution in [0.3, 0.4) is 0 Å². The van der Waals surface area contributed by atoms with E-state index in [0.717, 1.165) is 23.5 Å². The average Bonchev–Trinajstić information content (AvgIpc) is 2.60. The Morgan fingerprint density at radius 2 is 2.47 bits per heavy atom. The van der Waals surface area contributed by atoms with Crippen LogP contribution >= 0.6 is 12.6 Å². The maximum absolute atomic E-state index is 11.8. The Morgan fingerprint density at radius 1 is 1.67 bits per heavy atom. The second-order valence-corrected chi connectivity index (χ2v) is 4.28. The summed E-state index contributed by atoms with van der Waals surface area (Å²) in [6.07, 6.45) is 4.13. The lowest BCUT2D eigenvalue weighted by Crippen LogP contribution is -2.25. The molecule has 0 radical (unpaired) electrons. The molecule has 1 atom stereocenters. The van der Waals surface area contributed by atoms with E-state index in [4.69, 9.17) is 0 Å². The molecular weight excluding hydrogens is 208 g/mol. The minimum Gasteiger partial charge on any atom is -0.312 e. The molecule has 80 valence electrons. The van der Waals surface area contributed by atoms with Crippen molar-refractivity contribution in [1.82, 2.24) is 4.98 Å². The summed E-state index contributed by atoms with van der Waals surface area (Å²) < 4.78 is 0. The smallest absolute Gasteiger partial charge is 0.227 e. The molecule has 0 spiro atoms. The van der Waals surface area contributed by atoms with Gasteiger partial charge in [0.1, 0.15) is 0 Å². The average molecular weight is 222 g/mol. The molecule has 1 unspecified atom stereocenters. The van der Waals surface area contributed by atoms with Gasteiger partial charge in [0.25, 0.3) is 0 Å². The van der Waals surface area contributed by atoms with Crippen molar-refractivity contribution in [3.63, 3.8) is 0 Å². The number of hydrogen-bond acceptors (Lipinski definition) is 3. The van der Waals surface area contributed by atoms with Crippen molar-refractivity contribution in [1.29, 1.82) is 0 Å². The molecule has 1 aromatic heterocycles. The number of hydrogen-bond donors (Lipinski definition) is 1. The second-order valence-electron chi connectivity index (χ2n) is 3.92. The number of pyridine rings is 1. The lowest BCUT2D eigenvalue weighted by atomic mass is 10.1. The fourth-order valence-electron chi connectivity index (χ4n) is 1.91. The van der Waals surface area contributed by atoms with Crippen molar-refractivity contribution in [3.05, 3.63) is 24.0 Å². The number of amides is 1. The number of nitrogens with zero attached hydrogens (tertiary/aromatic N) is 2. The van der Waals surface area contributed by atoms with Crippen LogP contribution in [-0.4, -0.2) is 23.2 Å². The molecule has 0 aliphatic carbocycles. The number of aromatic nitrogens is 1. The molecule has 0 aromatic carbocycles. The predicted molar refractivity (Wildman–Crippen MR) is 63.3 cm³/mol. The van der Waals surface area contributed by atoms with E-state index in [2.05, 4.69) is 17.6 Å². The summed E-state index contributed by atoms with van der Waals surface area (Å²) in [6, 6.07) is 1.90. The van der Waals surface area contributed by atoms with Crippen LogP contribution in [0.4, 0.5) is 5.69 Å². The first-order valence-corrected chi connectivity index (χ1v) is 5.67. The quantitative estimate of drug-likeness (QED) is 0.772. The summed E-state index contributed by atoms with van der Waals surface area (Å²) in [5, 5.41) is 0. The highest BCUT2D eigenvalue weighted by atomic mass is 32.1. The van der Waals surface area contributed by atoms with E-state index in [9.17, 15) is 4.79 Å². The van der Waals surface area contributed by atoms with E-state index in [1.807, 2.05) is 17.9 Å². The van der Waals surface area contributed by atoms with Gasteiger partial charge in [-0.2, -0.15) is 12.6 Å². The van der Waals surface area contributed by atoms with E-state index in [-0.39, 0.29) is 5.91 Å². The first-order chi connectivity index (χ1) is 7.22. The minimum atomic E-state index is 0.198. The third-order valence-corrected chi connectivity index (χ3v) is 3.26. The van der Waals surface area contributed by atoms with Gasteiger partial charge < -0.3 is 4.90 Å². The van der Waals surface area contributed by atoms with Crippen LogP contribution in [0.15, 0.2) is 18.5 Å². The Labute approximate surface area is 94.9 Å². The zero-order valence-electron chi connectivity index (χ0n) is 8.68. The van der Waals surface area contributed by atoms with Crippen LogP contribution in [0.5, 0.6) is 0 Å². The van der Waals surface area contributed by atoms with Crippen LogP contribution in [0.25, 0.3) is 0 Å². The van der Waals surface area contributed by atoms with Gasteiger partial charge in [0.15, 0.2) is 0 Å². The maximum Gasteiger partial charge on any atom is 0.227 e. The van der Waals surface area contributed by atoms with Gasteiger partial charge in [-0.15, -0.1) is 0 Å². The topological polar surface area (TPSA) is 33.2 Å². The molecule has 1 fully saturated rings. The normalized spacial score (nSPS) is 21.1. The largest absolute Gasteiger partial charge is 0.312 e. The minimum absolute atomic E-state index is 0.198. The van der Waals surface area contributed by atoms with Crippen LogP contribution in [0.2, 0.25) is 0 Å². The molecular formula is C11H14N2OS. The van der Waals surface area contributed by atoms with Crippen LogP contribution in [0, 0.1) is 12.8 Å². The van der Waals surface area contributed by atoms with Crippen molar-refractivity contribution in [2.75, 3.05) is 17.2 Å². The molecule has 1 aromatic rings. The highest BCUT2D eigenvalue weighted by Gasteiger charge is 2.30. The van der Waals surface area contributed by atoms with Crippen molar-refractivity contribution in [2.24, 2.45) is 5.92 Å². The standard InChI is InChI=1S/C11H14N2OS/c1-8-5-12-3-2-10(8)13-6-9(7-15)4-11(13)14/h2-3,5,9,15H,4,6-7H2,1H3. The molecule has 15 heavy (non-hydrogen) atoms. The van der Waals surface area contributed by atoms with E-state index >= 15 is 0 Å². The van der Waals surface area contributed by atoms with Gasteiger partial charge in [-0.3, -0.25) is 9.78 Å². The first kappa shape index (κ1) is 10.5. The van der Waals surface area contributed by atoms with Crippen LogP contribution < -0.4 is 4.90 Å². The molecule has 2 rings (SSSR count). The van der Waals surface area contributed by atoms with Gasteiger partial charge in [0.2, 0.25) is 5.91 Å². The molecule has 1 aliphatic rings. The molecule has 3 nitrogen and oxygen atoms in total. The Balaban J connectivity index is 2.25. The zero-order chi connectivity index (χ0) is 10.8. The summed E-state index contributed by atoms with van der Waals surface area (Å²) in [6.45, 7) is 2.76. The Bertz CT molecular complexity index is 381. The lowest BCUT2D eigenvalue weighted by molar-refractivity contribution is -0.117. The van der Waals surface area contributed by atoms with Gasteiger partial charge in [-0.25, -0.2) is 0 Å². The number of anilines is 1. The van der Waals surface area contributed by atoms with Crippen molar-refractivity contribution in [3.8, 4) is 0 Å². The van der Waals surface area contributed by atoms with Gasteiger partial charge in [-0.05, 0) is 30.2 Å². The van der Waals surface area contributed by atoms with E-state index in [1.54, 1.807) is 12.4 Å². The van der Waals surface area contributed by atoms with Gasteiger partial charge in [-0.1, -0.05) is 0 Å². The molecule has 2 heterocycles. The van der Waals surface area contributed by atoms with E-state index < -0.39 is 0 Å². The molecule has 0 bridgehead atoms. The summed E-state index contributed by atoms with van der Waals surface area (Å²) in [7, 11) is 0. The highest BCUT2D eigenvalue weighted by molar-refractivity contribution is 7.80. The van der Waals surface area contributed by atoms with E-state index in [0.29, 0.717) is 12.3 Å². The SMILES string of the molecule is Cc1cnccc1N1CC(CS)CC1=O. The van der Waals surface area contributed by atoms with Crippen LogP contribution in [-0.2, 0) is 4.79 Å². The summed E-state index contributed by atoms with van der Waals surface area (Å²) >= 11 is 4.24. The molecule has 4 heteroatoms.